The zero-order valence-electron chi connectivity index (χ0n) is 12.5. The number of aromatic nitrogens is 1. The summed E-state index contributed by atoms with van der Waals surface area (Å²) in [4.78, 5) is 20.2. The molecule has 2 aliphatic rings. The van der Waals surface area contributed by atoms with Gasteiger partial charge in [-0.15, -0.1) is 11.3 Å². The number of carbonyl (C=O) groups excluding carboxylic acids is 1. The summed E-state index contributed by atoms with van der Waals surface area (Å²) in [7, 11) is 0. The first kappa shape index (κ1) is 13.9. The van der Waals surface area contributed by atoms with E-state index >= 15 is 0 Å². The molecule has 5 heteroatoms. The molecule has 1 aromatic carbocycles. The van der Waals surface area contributed by atoms with Gasteiger partial charge in [-0.05, 0) is 30.7 Å². The number of benzene rings is 1. The Kier molecular flexibility index (Phi) is 3.27. The molecule has 1 amide bonds. The van der Waals surface area contributed by atoms with Crippen molar-refractivity contribution in [2.45, 2.75) is 19.4 Å². The van der Waals surface area contributed by atoms with E-state index in [1.807, 2.05) is 17.0 Å². The molecular formula is C17H19N3OS. The lowest BCUT2D eigenvalue weighted by atomic mass is 10.1. The number of amides is 1. The number of rotatable bonds is 3. The molecule has 2 heterocycles. The van der Waals surface area contributed by atoms with E-state index in [9.17, 15) is 4.79 Å². The fourth-order valence-electron chi connectivity index (χ4n) is 3.63. The SMILES string of the molecule is Cc1cccc(-c2scnc2C(=O)N2C[C@@H]3C[C@@H]3[C@H]2CN)c1. The molecule has 0 radical (unpaired) electrons. The first-order chi connectivity index (χ1) is 10.7. The van der Waals surface area contributed by atoms with Crippen LogP contribution in [-0.2, 0) is 0 Å². The molecule has 1 aromatic heterocycles. The summed E-state index contributed by atoms with van der Waals surface area (Å²) in [6.45, 7) is 3.46. The number of aryl methyl sites for hydroxylation is 1. The fourth-order valence-corrected chi connectivity index (χ4v) is 4.41. The van der Waals surface area contributed by atoms with Crippen molar-refractivity contribution in [1.82, 2.24) is 9.88 Å². The fraction of sp³-hybridized carbons (Fsp3) is 0.412. The molecule has 1 aliphatic carbocycles. The molecule has 4 nitrogen and oxygen atoms in total. The zero-order chi connectivity index (χ0) is 15.3. The normalized spacial score (nSPS) is 26.1. The number of thiazole rings is 1. The van der Waals surface area contributed by atoms with E-state index in [1.165, 1.54) is 23.3 Å². The number of fused-ring (bicyclic) bond motifs is 1. The topological polar surface area (TPSA) is 59.2 Å². The summed E-state index contributed by atoms with van der Waals surface area (Å²) in [6, 6.07) is 8.42. The van der Waals surface area contributed by atoms with Crippen LogP contribution in [-0.4, -0.2) is 34.9 Å². The van der Waals surface area contributed by atoms with E-state index in [2.05, 4.69) is 24.0 Å². The van der Waals surface area contributed by atoms with Crippen LogP contribution in [0.1, 0.15) is 22.5 Å². The maximum Gasteiger partial charge on any atom is 0.274 e. The van der Waals surface area contributed by atoms with E-state index in [0.717, 1.165) is 17.0 Å². The average Bonchev–Trinajstić information content (AvgIpc) is 2.99. The van der Waals surface area contributed by atoms with Crippen molar-refractivity contribution in [2.24, 2.45) is 17.6 Å². The molecule has 0 spiro atoms. The van der Waals surface area contributed by atoms with E-state index in [1.54, 1.807) is 5.51 Å². The highest BCUT2D eigenvalue weighted by Gasteiger charge is 2.53. The van der Waals surface area contributed by atoms with Gasteiger partial charge in [-0.25, -0.2) is 4.98 Å². The number of hydrogen-bond donors (Lipinski definition) is 1. The maximum absolute atomic E-state index is 12.9. The molecule has 0 unspecified atom stereocenters. The Bertz CT molecular complexity index is 726. The largest absolute Gasteiger partial charge is 0.332 e. The van der Waals surface area contributed by atoms with E-state index in [4.69, 9.17) is 5.73 Å². The van der Waals surface area contributed by atoms with E-state index < -0.39 is 0 Å². The van der Waals surface area contributed by atoms with Gasteiger partial charge < -0.3 is 10.6 Å². The van der Waals surface area contributed by atoms with Gasteiger partial charge in [-0.1, -0.05) is 29.8 Å². The van der Waals surface area contributed by atoms with Gasteiger partial charge in [0, 0.05) is 19.1 Å². The van der Waals surface area contributed by atoms with E-state index in [-0.39, 0.29) is 11.9 Å². The maximum atomic E-state index is 12.9. The molecule has 2 fully saturated rings. The van der Waals surface area contributed by atoms with Crippen LogP contribution in [0.5, 0.6) is 0 Å². The van der Waals surface area contributed by atoms with Crippen LogP contribution in [0.25, 0.3) is 10.4 Å². The number of piperidine rings is 1. The van der Waals surface area contributed by atoms with Gasteiger partial charge in [0.2, 0.25) is 0 Å². The highest BCUT2D eigenvalue weighted by atomic mass is 32.1. The molecule has 2 aromatic rings. The Morgan fingerprint density at radius 2 is 2.36 bits per heavy atom. The highest BCUT2D eigenvalue weighted by molar-refractivity contribution is 7.13. The Hall–Kier alpha value is -1.72. The molecule has 0 bridgehead atoms. The standard InChI is InChI=1S/C17H19N3OS/c1-10-3-2-4-11(5-10)16-15(19-9-22-16)17(21)20-8-12-6-13(12)14(20)7-18/h2-5,9,12-14H,6-8,18H2,1H3/t12-,13-,14+/m0/s1. The molecule has 2 N–H and O–H groups in total. The number of nitrogens with two attached hydrogens (primary N) is 1. The van der Waals surface area contributed by atoms with Crippen molar-refractivity contribution < 1.29 is 4.79 Å². The van der Waals surface area contributed by atoms with Crippen molar-refractivity contribution in [3.05, 3.63) is 41.0 Å². The minimum absolute atomic E-state index is 0.0420. The quantitative estimate of drug-likeness (QED) is 0.947. The Labute approximate surface area is 134 Å². The molecule has 1 saturated heterocycles. The van der Waals surface area contributed by atoms with Gasteiger partial charge in [0.1, 0.15) is 5.69 Å². The third kappa shape index (κ3) is 2.16. The lowest BCUT2D eigenvalue weighted by molar-refractivity contribution is 0.0708. The lowest BCUT2D eigenvalue weighted by Crippen LogP contribution is -2.43. The molecule has 1 aliphatic heterocycles. The molecule has 1 saturated carbocycles. The predicted octanol–water partition coefficient (Wildman–Crippen LogP) is 2.54. The first-order valence-electron chi connectivity index (χ1n) is 7.70. The van der Waals surface area contributed by atoms with Crippen molar-refractivity contribution in [3.63, 3.8) is 0 Å². The number of carbonyl (C=O) groups is 1. The van der Waals surface area contributed by atoms with Gasteiger partial charge in [0.25, 0.3) is 5.91 Å². The summed E-state index contributed by atoms with van der Waals surface area (Å²) >= 11 is 1.53. The van der Waals surface area contributed by atoms with Gasteiger partial charge in [-0.2, -0.15) is 0 Å². The first-order valence-corrected chi connectivity index (χ1v) is 8.58. The van der Waals surface area contributed by atoms with Crippen molar-refractivity contribution >= 4 is 17.2 Å². The highest BCUT2D eigenvalue weighted by Crippen LogP contribution is 2.49. The summed E-state index contributed by atoms with van der Waals surface area (Å²) in [5.41, 5.74) is 10.5. The molecular weight excluding hydrogens is 294 g/mol. The van der Waals surface area contributed by atoms with Crippen LogP contribution in [0.4, 0.5) is 0 Å². The second kappa shape index (κ2) is 5.18. The van der Waals surface area contributed by atoms with Crippen LogP contribution >= 0.6 is 11.3 Å². The van der Waals surface area contributed by atoms with Crippen molar-refractivity contribution in [3.8, 4) is 10.4 Å². The van der Waals surface area contributed by atoms with Gasteiger partial charge in [0.05, 0.1) is 10.4 Å². The van der Waals surface area contributed by atoms with Crippen LogP contribution in [0.2, 0.25) is 0 Å². The van der Waals surface area contributed by atoms with Crippen LogP contribution < -0.4 is 5.73 Å². The lowest BCUT2D eigenvalue weighted by Gasteiger charge is -2.26. The second-order valence-corrected chi connectivity index (χ2v) is 7.17. The third-order valence-electron chi connectivity index (χ3n) is 4.86. The van der Waals surface area contributed by atoms with Crippen LogP contribution in [0, 0.1) is 18.8 Å². The Balaban J connectivity index is 1.66. The minimum Gasteiger partial charge on any atom is -0.332 e. The molecule has 4 rings (SSSR count). The smallest absolute Gasteiger partial charge is 0.274 e. The predicted molar refractivity (Wildman–Crippen MR) is 87.8 cm³/mol. The van der Waals surface area contributed by atoms with Crippen LogP contribution in [0.15, 0.2) is 29.8 Å². The Morgan fingerprint density at radius 1 is 1.50 bits per heavy atom. The van der Waals surface area contributed by atoms with Gasteiger partial charge >= 0.3 is 0 Å². The molecule has 22 heavy (non-hydrogen) atoms. The average molecular weight is 313 g/mol. The van der Waals surface area contributed by atoms with Crippen molar-refractivity contribution in [2.75, 3.05) is 13.1 Å². The van der Waals surface area contributed by atoms with Crippen LogP contribution in [0.3, 0.4) is 0 Å². The second-order valence-electron chi connectivity index (χ2n) is 6.32. The molecule has 3 atom stereocenters. The molecule has 114 valence electrons. The minimum atomic E-state index is 0.0420. The summed E-state index contributed by atoms with van der Waals surface area (Å²) in [6.07, 6.45) is 1.23. The summed E-state index contributed by atoms with van der Waals surface area (Å²) in [5.74, 6) is 1.33. The third-order valence-corrected chi connectivity index (χ3v) is 5.73. The van der Waals surface area contributed by atoms with Crippen molar-refractivity contribution in [1.29, 1.82) is 0 Å². The van der Waals surface area contributed by atoms with Gasteiger partial charge in [0.15, 0.2) is 0 Å². The van der Waals surface area contributed by atoms with Gasteiger partial charge in [-0.3, -0.25) is 4.79 Å². The summed E-state index contributed by atoms with van der Waals surface area (Å²) < 4.78 is 0. The Morgan fingerprint density at radius 3 is 3.14 bits per heavy atom. The zero-order valence-corrected chi connectivity index (χ0v) is 13.3. The number of hydrogen-bond acceptors (Lipinski definition) is 4. The monoisotopic (exact) mass is 313 g/mol. The van der Waals surface area contributed by atoms with E-state index in [0.29, 0.717) is 24.1 Å². The number of likely N-dealkylation sites (tertiary alicyclic amines) is 1. The number of nitrogens with zero attached hydrogens (tertiary/aromatic N) is 2. The summed E-state index contributed by atoms with van der Waals surface area (Å²) in [5, 5.41) is 0.